The minimum Gasteiger partial charge on any atom is -0.550 e. The van der Waals surface area contributed by atoms with Gasteiger partial charge in [0.2, 0.25) is 0 Å². The summed E-state index contributed by atoms with van der Waals surface area (Å²) < 4.78 is 0. The molecule has 0 heterocycles. The third-order valence-electron chi connectivity index (χ3n) is 3.08. The smallest absolute Gasteiger partial charge is 0.159 e. The van der Waals surface area contributed by atoms with E-state index in [0.717, 1.165) is 25.7 Å². The van der Waals surface area contributed by atoms with Gasteiger partial charge in [-0.2, -0.15) is 0 Å². The van der Waals surface area contributed by atoms with Crippen molar-refractivity contribution in [2.75, 3.05) is 0 Å². The van der Waals surface area contributed by atoms with Gasteiger partial charge in [-0.05, 0) is 44.6 Å². The van der Waals surface area contributed by atoms with Gasteiger partial charge >= 0.3 is 0 Å². The Labute approximate surface area is 151 Å². The number of hydrogen-bond acceptors (Lipinski definition) is 3. The molecule has 0 aromatic heterocycles. The molecule has 0 aromatic rings. The Morgan fingerprint density at radius 2 is 1.36 bits per heavy atom. The fraction of sp³-hybridized carbons (Fsp3) is 0.364. The first kappa shape index (κ1) is 22.6. The number of aliphatic carboxylic acids is 1. The molecule has 0 saturated heterocycles. The van der Waals surface area contributed by atoms with Crippen LogP contribution >= 0.6 is 0 Å². The predicted molar refractivity (Wildman–Crippen MR) is 103 cm³/mol. The lowest BCUT2D eigenvalue weighted by atomic mass is 10.2. The van der Waals surface area contributed by atoms with E-state index < -0.39 is 5.97 Å². The molecule has 0 N–H and O–H groups in total. The Morgan fingerprint density at radius 1 is 0.760 bits per heavy atom. The van der Waals surface area contributed by atoms with E-state index in [1.165, 1.54) is 6.08 Å². The van der Waals surface area contributed by atoms with Crippen molar-refractivity contribution >= 4 is 11.8 Å². The molecule has 0 rings (SSSR count). The van der Waals surface area contributed by atoms with Gasteiger partial charge in [0.1, 0.15) is 0 Å². The topological polar surface area (TPSA) is 57.2 Å². The molecule has 0 aromatic carbocycles. The molecule has 0 spiro atoms. The van der Waals surface area contributed by atoms with Crippen molar-refractivity contribution < 1.29 is 14.7 Å². The quantitative estimate of drug-likeness (QED) is 0.267. The average Bonchev–Trinajstić information content (AvgIpc) is 2.58. The Kier molecular flexibility index (Phi) is 16.2. The largest absolute Gasteiger partial charge is 0.550 e. The fourth-order valence-corrected chi connectivity index (χ4v) is 1.79. The number of allylic oxidation sites excluding steroid dienone is 12. The van der Waals surface area contributed by atoms with Crippen LogP contribution in [0.2, 0.25) is 0 Å². The van der Waals surface area contributed by atoms with Crippen molar-refractivity contribution in [3.63, 3.8) is 0 Å². The van der Waals surface area contributed by atoms with E-state index in [9.17, 15) is 14.7 Å². The summed E-state index contributed by atoms with van der Waals surface area (Å²) in [7, 11) is 0. The van der Waals surface area contributed by atoms with Crippen LogP contribution in [0.5, 0.6) is 0 Å². The van der Waals surface area contributed by atoms with E-state index in [2.05, 4.69) is 43.4 Å². The van der Waals surface area contributed by atoms with Gasteiger partial charge in [0, 0.05) is 12.4 Å². The summed E-state index contributed by atoms with van der Waals surface area (Å²) in [4.78, 5) is 21.7. The summed E-state index contributed by atoms with van der Waals surface area (Å²) in [6.45, 7) is 2.13. The zero-order valence-electron chi connectivity index (χ0n) is 15.1. The van der Waals surface area contributed by atoms with Crippen LogP contribution in [-0.2, 0) is 9.59 Å². The Bertz CT molecular complexity index is 531. The van der Waals surface area contributed by atoms with E-state index in [4.69, 9.17) is 0 Å². The highest BCUT2D eigenvalue weighted by atomic mass is 16.4. The first-order valence-electron chi connectivity index (χ1n) is 8.82. The van der Waals surface area contributed by atoms with Crippen molar-refractivity contribution in [3.05, 3.63) is 72.9 Å². The highest BCUT2D eigenvalue weighted by Crippen LogP contribution is 1.96. The molecule has 0 fully saturated rings. The summed E-state index contributed by atoms with van der Waals surface area (Å²) in [6.07, 6.45) is 27.9. The van der Waals surface area contributed by atoms with Gasteiger partial charge in [-0.25, -0.2) is 0 Å². The molecule has 0 aliphatic carbocycles. The first-order chi connectivity index (χ1) is 12.2. The average molecular weight is 341 g/mol. The lowest BCUT2D eigenvalue weighted by Crippen LogP contribution is -2.21. The van der Waals surface area contributed by atoms with Gasteiger partial charge in [-0.15, -0.1) is 0 Å². The SMILES string of the molecule is CC/C=C\C/C=C\C/C=C\C/C=C\C=C\C(=O)C/C=C\CCC(=O)[O-]. The predicted octanol–water partition coefficient (Wildman–Crippen LogP) is 4.39. The minimum absolute atomic E-state index is 0.00727. The summed E-state index contributed by atoms with van der Waals surface area (Å²) in [5.74, 6) is -1.08. The minimum atomic E-state index is -1.07. The zero-order chi connectivity index (χ0) is 18.6. The maximum Gasteiger partial charge on any atom is 0.159 e. The lowest BCUT2D eigenvalue weighted by Gasteiger charge is -1.95. The number of carbonyl (C=O) groups is 2. The second-order valence-corrected chi connectivity index (χ2v) is 5.37. The van der Waals surface area contributed by atoms with E-state index >= 15 is 0 Å². The maximum atomic E-state index is 11.5. The molecule has 0 unspecified atom stereocenters. The van der Waals surface area contributed by atoms with Crippen LogP contribution < -0.4 is 5.11 Å². The van der Waals surface area contributed by atoms with E-state index in [1.807, 2.05) is 12.2 Å². The molecule has 136 valence electrons. The summed E-state index contributed by atoms with van der Waals surface area (Å²) in [5.41, 5.74) is 0. The molecule has 0 bridgehead atoms. The molecule has 0 saturated carbocycles. The van der Waals surface area contributed by atoms with Crippen LogP contribution in [-0.4, -0.2) is 11.8 Å². The number of carboxylic acid groups (broad SMARTS) is 1. The van der Waals surface area contributed by atoms with Crippen LogP contribution in [0.25, 0.3) is 0 Å². The molecular weight excluding hydrogens is 312 g/mol. The summed E-state index contributed by atoms with van der Waals surface area (Å²) in [5, 5.41) is 10.2. The third-order valence-corrected chi connectivity index (χ3v) is 3.08. The van der Waals surface area contributed by atoms with Gasteiger partial charge < -0.3 is 9.90 Å². The number of ketones is 1. The molecule has 0 amide bonds. The molecular formula is C22H29O3-. The fourth-order valence-electron chi connectivity index (χ4n) is 1.79. The van der Waals surface area contributed by atoms with E-state index in [-0.39, 0.29) is 18.6 Å². The molecule has 0 radical (unpaired) electrons. The van der Waals surface area contributed by atoms with E-state index in [1.54, 1.807) is 18.2 Å². The van der Waals surface area contributed by atoms with Crippen molar-refractivity contribution in [2.24, 2.45) is 0 Å². The summed E-state index contributed by atoms with van der Waals surface area (Å²) in [6, 6.07) is 0. The molecule has 0 atom stereocenters. The Hall–Kier alpha value is -2.42. The normalized spacial score (nSPS) is 12.8. The molecule has 3 heteroatoms. The van der Waals surface area contributed by atoms with Crippen LogP contribution in [0.15, 0.2) is 72.9 Å². The number of carboxylic acids is 1. The van der Waals surface area contributed by atoms with Crippen LogP contribution in [0.3, 0.4) is 0 Å². The number of hydrogen-bond donors (Lipinski definition) is 0. The highest BCUT2D eigenvalue weighted by Gasteiger charge is 1.90. The van der Waals surface area contributed by atoms with E-state index in [0.29, 0.717) is 6.42 Å². The maximum absolute atomic E-state index is 11.5. The standard InChI is InChI=1S/C22H30O3/c1-2-3-4-5-6-7-8-9-10-11-12-13-15-18-21(23)19-16-14-17-20-22(24)25/h3-4,6-7,9-10,12-16,18H,2,5,8,11,17,19-20H2,1H3,(H,24,25)/p-1/b4-3-,7-6-,10-9-,13-12-,16-14-,18-15+. The van der Waals surface area contributed by atoms with Gasteiger partial charge in [-0.3, -0.25) is 4.79 Å². The molecule has 3 nitrogen and oxygen atoms in total. The van der Waals surface area contributed by atoms with Crippen LogP contribution in [0, 0.1) is 0 Å². The van der Waals surface area contributed by atoms with Crippen LogP contribution in [0.1, 0.15) is 51.9 Å². The molecule has 25 heavy (non-hydrogen) atoms. The Morgan fingerprint density at radius 3 is 1.96 bits per heavy atom. The van der Waals surface area contributed by atoms with Gasteiger partial charge in [-0.1, -0.05) is 73.8 Å². The Balaban J connectivity index is 3.73. The highest BCUT2D eigenvalue weighted by molar-refractivity contribution is 5.90. The van der Waals surface area contributed by atoms with Crippen molar-refractivity contribution in [2.45, 2.75) is 51.9 Å². The molecule has 0 aliphatic rings. The first-order valence-corrected chi connectivity index (χ1v) is 8.82. The second kappa shape index (κ2) is 17.9. The van der Waals surface area contributed by atoms with Crippen molar-refractivity contribution in [1.29, 1.82) is 0 Å². The van der Waals surface area contributed by atoms with Crippen LogP contribution in [0.4, 0.5) is 0 Å². The van der Waals surface area contributed by atoms with Crippen molar-refractivity contribution in [1.82, 2.24) is 0 Å². The second-order valence-electron chi connectivity index (χ2n) is 5.37. The lowest BCUT2D eigenvalue weighted by molar-refractivity contribution is -0.305. The van der Waals surface area contributed by atoms with Crippen molar-refractivity contribution in [3.8, 4) is 0 Å². The van der Waals surface area contributed by atoms with Gasteiger partial charge in [0.15, 0.2) is 5.78 Å². The monoisotopic (exact) mass is 341 g/mol. The van der Waals surface area contributed by atoms with Gasteiger partial charge in [0.25, 0.3) is 0 Å². The number of carbonyl (C=O) groups excluding carboxylic acids is 2. The third kappa shape index (κ3) is 19.5. The molecule has 0 aliphatic heterocycles. The summed E-state index contributed by atoms with van der Waals surface area (Å²) >= 11 is 0. The zero-order valence-corrected chi connectivity index (χ0v) is 15.1. The number of rotatable bonds is 14. The van der Waals surface area contributed by atoms with Gasteiger partial charge in [0.05, 0.1) is 0 Å².